The van der Waals surface area contributed by atoms with Gasteiger partial charge in [0.2, 0.25) is 5.95 Å². The second-order valence-corrected chi connectivity index (χ2v) is 5.49. The van der Waals surface area contributed by atoms with E-state index in [4.69, 9.17) is 0 Å². The number of nitrogens with zero attached hydrogens (tertiary/aromatic N) is 2. The minimum absolute atomic E-state index is 0.0515. The second kappa shape index (κ2) is 6.02. The van der Waals surface area contributed by atoms with Gasteiger partial charge in [-0.05, 0) is 23.6 Å². The molecule has 5 nitrogen and oxygen atoms in total. The van der Waals surface area contributed by atoms with Crippen LogP contribution in [0.25, 0.3) is 0 Å². The number of halogens is 2. The molecule has 22 heavy (non-hydrogen) atoms. The largest absolute Gasteiger partial charge is 0.322 e. The van der Waals surface area contributed by atoms with Crippen LogP contribution in [0.3, 0.4) is 0 Å². The number of hydrogen-bond donors (Lipinski definition) is 2. The summed E-state index contributed by atoms with van der Waals surface area (Å²) in [5.41, 5.74) is -0.300. The second-order valence-electron chi connectivity index (χ2n) is 4.45. The van der Waals surface area contributed by atoms with Crippen molar-refractivity contribution in [1.82, 2.24) is 15.2 Å². The molecule has 0 saturated heterocycles. The van der Waals surface area contributed by atoms with Crippen molar-refractivity contribution in [3.63, 3.8) is 0 Å². The van der Waals surface area contributed by atoms with E-state index < -0.39 is 17.2 Å². The van der Waals surface area contributed by atoms with Crippen LogP contribution in [0.5, 0.6) is 0 Å². The number of aromatic amines is 1. The van der Waals surface area contributed by atoms with Crippen LogP contribution in [-0.2, 0) is 6.42 Å². The van der Waals surface area contributed by atoms with Gasteiger partial charge in [-0.25, -0.2) is 8.78 Å². The van der Waals surface area contributed by atoms with Crippen molar-refractivity contribution in [3.05, 3.63) is 68.3 Å². The van der Waals surface area contributed by atoms with Crippen molar-refractivity contribution in [3.8, 4) is 0 Å². The Kier molecular flexibility index (Phi) is 3.92. The molecule has 0 aliphatic heterocycles. The molecule has 0 radical (unpaired) electrons. The summed E-state index contributed by atoms with van der Waals surface area (Å²) in [5, 5.41) is 12.0. The minimum Gasteiger partial charge on any atom is -0.322 e. The maximum absolute atomic E-state index is 13.5. The number of benzene rings is 1. The van der Waals surface area contributed by atoms with Crippen LogP contribution in [0.15, 0.2) is 40.5 Å². The molecular formula is C14H10F2N4OS. The number of thiophene rings is 1. The summed E-state index contributed by atoms with van der Waals surface area (Å²) in [7, 11) is 0. The Bertz CT molecular complexity index is 848. The van der Waals surface area contributed by atoms with Crippen LogP contribution in [0.1, 0.15) is 10.6 Å². The highest BCUT2D eigenvalue weighted by Gasteiger charge is 2.09. The fraction of sp³-hybridized carbons (Fsp3) is 0.0714. The molecule has 2 N–H and O–H groups in total. The van der Waals surface area contributed by atoms with Gasteiger partial charge in [0.25, 0.3) is 5.56 Å². The van der Waals surface area contributed by atoms with Gasteiger partial charge in [-0.15, -0.1) is 21.5 Å². The molecule has 112 valence electrons. The summed E-state index contributed by atoms with van der Waals surface area (Å²) in [5.74, 6) is -1.32. The molecule has 8 heteroatoms. The molecule has 0 spiro atoms. The zero-order chi connectivity index (χ0) is 15.5. The van der Waals surface area contributed by atoms with Crippen molar-refractivity contribution in [2.75, 3.05) is 5.32 Å². The lowest BCUT2D eigenvalue weighted by atomic mass is 10.3. The number of H-pyrrole nitrogens is 1. The fourth-order valence-electron chi connectivity index (χ4n) is 1.83. The van der Waals surface area contributed by atoms with E-state index >= 15 is 0 Å². The molecule has 0 unspecified atom stereocenters. The fourth-order valence-corrected chi connectivity index (χ4v) is 2.54. The van der Waals surface area contributed by atoms with Gasteiger partial charge in [0, 0.05) is 17.4 Å². The molecule has 3 rings (SSSR count). The van der Waals surface area contributed by atoms with Gasteiger partial charge in [0.15, 0.2) is 0 Å². The van der Waals surface area contributed by atoms with E-state index in [0.717, 1.165) is 23.1 Å². The van der Waals surface area contributed by atoms with E-state index in [1.54, 1.807) is 0 Å². The molecule has 3 aromatic rings. The molecule has 0 aliphatic carbocycles. The van der Waals surface area contributed by atoms with Crippen LogP contribution in [0.2, 0.25) is 0 Å². The minimum atomic E-state index is -0.660. The Balaban J connectivity index is 1.83. The lowest BCUT2D eigenvalue weighted by Gasteiger charge is -2.06. The van der Waals surface area contributed by atoms with Gasteiger partial charge in [-0.3, -0.25) is 9.78 Å². The highest BCUT2D eigenvalue weighted by Crippen LogP contribution is 2.18. The maximum atomic E-state index is 13.5. The van der Waals surface area contributed by atoms with E-state index in [9.17, 15) is 13.6 Å². The summed E-state index contributed by atoms with van der Waals surface area (Å²) < 4.78 is 26.6. The number of anilines is 2. The normalized spacial score (nSPS) is 10.6. The van der Waals surface area contributed by atoms with E-state index in [1.807, 2.05) is 17.5 Å². The van der Waals surface area contributed by atoms with Gasteiger partial charge in [-0.2, -0.15) is 0 Å². The molecule has 1 aromatic carbocycles. The average molecular weight is 320 g/mol. The highest BCUT2D eigenvalue weighted by molar-refractivity contribution is 7.09. The quantitative estimate of drug-likeness (QED) is 0.775. The molecule has 0 atom stereocenters. The van der Waals surface area contributed by atoms with Crippen molar-refractivity contribution < 1.29 is 8.78 Å². The summed E-state index contributed by atoms with van der Waals surface area (Å²) >= 11 is 1.51. The highest BCUT2D eigenvalue weighted by atomic mass is 32.1. The van der Waals surface area contributed by atoms with Crippen LogP contribution in [0, 0.1) is 11.6 Å². The van der Waals surface area contributed by atoms with E-state index in [0.29, 0.717) is 6.42 Å². The van der Waals surface area contributed by atoms with Gasteiger partial charge < -0.3 is 5.32 Å². The predicted octanol–water partition coefficient (Wildman–Crippen LogP) is 2.84. The Morgan fingerprint density at radius 1 is 1.23 bits per heavy atom. The van der Waals surface area contributed by atoms with Crippen molar-refractivity contribution >= 4 is 23.0 Å². The summed E-state index contributed by atoms with van der Waals surface area (Å²) in [4.78, 5) is 15.4. The SMILES string of the molecule is O=c1[nH]c(Nc2cc(F)ccc2F)nnc1Cc1cccs1. The third kappa shape index (κ3) is 3.17. The van der Waals surface area contributed by atoms with Crippen LogP contribution in [0.4, 0.5) is 20.4 Å². The van der Waals surface area contributed by atoms with E-state index in [1.165, 1.54) is 11.3 Å². The molecular weight excluding hydrogens is 310 g/mol. The predicted molar refractivity (Wildman–Crippen MR) is 79.4 cm³/mol. The first-order valence-corrected chi connectivity index (χ1v) is 7.20. The molecule has 2 aromatic heterocycles. The number of hydrogen-bond acceptors (Lipinski definition) is 5. The molecule has 0 saturated carbocycles. The molecule has 0 amide bonds. The third-order valence-electron chi connectivity index (χ3n) is 2.87. The first-order valence-electron chi connectivity index (χ1n) is 6.32. The zero-order valence-electron chi connectivity index (χ0n) is 11.1. The molecule has 2 heterocycles. The lowest BCUT2D eigenvalue weighted by molar-refractivity contribution is 0.603. The topological polar surface area (TPSA) is 70.7 Å². The third-order valence-corrected chi connectivity index (χ3v) is 3.74. The van der Waals surface area contributed by atoms with Crippen molar-refractivity contribution in [1.29, 1.82) is 0 Å². The summed E-state index contributed by atoms with van der Waals surface area (Å²) in [6, 6.07) is 6.71. The van der Waals surface area contributed by atoms with Crippen LogP contribution < -0.4 is 10.9 Å². The molecule has 0 bridgehead atoms. The van der Waals surface area contributed by atoms with E-state index in [-0.39, 0.29) is 17.3 Å². The van der Waals surface area contributed by atoms with Gasteiger partial charge in [0.05, 0.1) is 5.69 Å². The monoisotopic (exact) mass is 320 g/mol. The summed E-state index contributed by atoms with van der Waals surface area (Å²) in [6.45, 7) is 0. The number of nitrogens with one attached hydrogen (secondary N) is 2. The zero-order valence-corrected chi connectivity index (χ0v) is 12.0. The Hall–Kier alpha value is -2.61. The van der Waals surface area contributed by atoms with Gasteiger partial charge in [-0.1, -0.05) is 6.07 Å². The number of aromatic nitrogens is 3. The number of rotatable bonds is 4. The summed E-state index contributed by atoms with van der Waals surface area (Å²) in [6.07, 6.45) is 0.370. The van der Waals surface area contributed by atoms with Crippen molar-refractivity contribution in [2.45, 2.75) is 6.42 Å². The van der Waals surface area contributed by atoms with Crippen LogP contribution in [-0.4, -0.2) is 15.2 Å². The molecule has 0 fully saturated rings. The first kappa shape index (κ1) is 14.3. The Morgan fingerprint density at radius 3 is 2.82 bits per heavy atom. The van der Waals surface area contributed by atoms with Gasteiger partial charge in [0.1, 0.15) is 17.3 Å². The lowest BCUT2D eigenvalue weighted by Crippen LogP contribution is -2.18. The Labute approximate surface area is 127 Å². The smallest absolute Gasteiger partial charge is 0.274 e. The first-order chi connectivity index (χ1) is 10.6. The maximum Gasteiger partial charge on any atom is 0.274 e. The standard InChI is InChI=1S/C14H10F2N4OS/c15-8-3-4-10(16)11(6-8)17-14-18-13(21)12(19-20-14)7-9-2-1-5-22-9/h1-6H,7H2,(H2,17,18,20,21). The van der Waals surface area contributed by atoms with Gasteiger partial charge >= 0.3 is 0 Å². The van der Waals surface area contributed by atoms with Crippen molar-refractivity contribution in [2.24, 2.45) is 0 Å². The van der Waals surface area contributed by atoms with Crippen LogP contribution >= 0.6 is 11.3 Å². The average Bonchev–Trinajstić information content (AvgIpc) is 2.99. The Morgan fingerprint density at radius 2 is 2.09 bits per heavy atom. The van der Waals surface area contributed by atoms with E-state index in [2.05, 4.69) is 20.5 Å². The molecule has 0 aliphatic rings.